The van der Waals surface area contributed by atoms with Crippen molar-refractivity contribution in [3.63, 3.8) is 0 Å². The van der Waals surface area contributed by atoms with E-state index < -0.39 is 11.6 Å². The van der Waals surface area contributed by atoms with Crippen molar-refractivity contribution in [2.45, 2.75) is 39.0 Å². The van der Waals surface area contributed by atoms with Crippen molar-refractivity contribution in [3.8, 4) is 6.07 Å². The molecule has 158 valence electrons. The Balaban J connectivity index is 1.72. The van der Waals surface area contributed by atoms with E-state index in [9.17, 15) is 14.4 Å². The number of nitriles is 1. The SMILES string of the molecule is CC(C)CN1C(=O)c2ccccc2N2C(=O)CC[C@]12C(=O)OCc1ccc(C#N)cc1. The molecule has 1 fully saturated rings. The van der Waals surface area contributed by atoms with Gasteiger partial charge >= 0.3 is 5.97 Å². The van der Waals surface area contributed by atoms with E-state index in [4.69, 9.17) is 10.00 Å². The number of carbonyl (C=O) groups excluding carboxylic acids is 3. The van der Waals surface area contributed by atoms with Crippen molar-refractivity contribution in [2.75, 3.05) is 11.4 Å². The maximum absolute atomic E-state index is 13.5. The summed E-state index contributed by atoms with van der Waals surface area (Å²) in [5.41, 5.74) is 0.606. The van der Waals surface area contributed by atoms with Crippen LogP contribution in [0.1, 0.15) is 48.2 Å². The summed E-state index contributed by atoms with van der Waals surface area (Å²) in [4.78, 5) is 42.8. The van der Waals surface area contributed by atoms with Gasteiger partial charge in [-0.25, -0.2) is 4.79 Å². The van der Waals surface area contributed by atoms with E-state index >= 15 is 0 Å². The van der Waals surface area contributed by atoms with Gasteiger partial charge in [-0.05, 0) is 35.7 Å². The van der Waals surface area contributed by atoms with Gasteiger partial charge in [0.15, 0.2) is 0 Å². The van der Waals surface area contributed by atoms with Crippen molar-refractivity contribution in [3.05, 3.63) is 65.2 Å². The number of esters is 1. The molecule has 4 rings (SSSR count). The first-order valence-corrected chi connectivity index (χ1v) is 10.3. The first kappa shape index (κ1) is 20.6. The lowest BCUT2D eigenvalue weighted by atomic mass is 9.95. The van der Waals surface area contributed by atoms with Crippen LogP contribution in [-0.2, 0) is 20.9 Å². The highest BCUT2D eigenvalue weighted by atomic mass is 16.5. The summed E-state index contributed by atoms with van der Waals surface area (Å²) >= 11 is 0. The number of carbonyl (C=O) groups is 3. The molecule has 0 radical (unpaired) electrons. The molecule has 2 aromatic rings. The standard InChI is InChI=1S/C24H23N3O4/c1-16(2)14-26-22(29)19-5-3-4-6-20(19)27-21(28)11-12-24(26,27)23(30)31-15-18-9-7-17(13-25)8-10-18/h3-10,16H,11-12,14-15H2,1-2H3/t24-/m0/s1. The fourth-order valence-corrected chi connectivity index (χ4v) is 4.31. The van der Waals surface area contributed by atoms with Gasteiger partial charge in [-0.3, -0.25) is 14.5 Å². The summed E-state index contributed by atoms with van der Waals surface area (Å²) in [5.74, 6) is -1.00. The predicted octanol–water partition coefficient (Wildman–Crippen LogP) is 3.24. The zero-order valence-electron chi connectivity index (χ0n) is 17.5. The van der Waals surface area contributed by atoms with Gasteiger partial charge in [0, 0.05) is 19.4 Å². The lowest BCUT2D eigenvalue weighted by Crippen LogP contribution is -2.69. The maximum Gasteiger partial charge on any atom is 0.354 e. The number of anilines is 1. The highest BCUT2D eigenvalue weighted by Gasteiger charge is 2.61. The van der Waals surface area contributed by atoms with Gasteiger partial charge in [-0.15, -0.1) is 0 Å². The summed E-state index contributed by atoms with van der Waals surface area (Å²) in [6.45, 7) is 4.23. The normalized spacial score (nSPS) is 19.8. The van der Waals surface area contributed by atoms with Crippen molar-refractivity contribution in [1.82, 2.24) is 4.90 Å². The zero-order chi connectivity index (χ0) is 22.2. The number of nitrogens with zero attached hydrogens (tertiary/aromatic N) is 3. The molecular weight excluding hydrogens is 394 g/mol. The average Bonchev–Trinajstić information content (AvgIpc) is 3.13. The molecule has 31 heavy (non-hydrogen) atoms. The van der Waals surface area contributed by atoms with E-state index in [1.165, 1.54) is 9.80 Å². The zero-order valence-corrected chi connectivity index (χ0v) is 17.5. The van der Waals surface area contributed by atoms with Crippen LogP contribution in [0, 0.1) is 17.2 Å². The van der Waals surface area contributed by atoms with Gasteiger partial charge in [0.05, 0.1) is 22.9 Å². The monoisotopic (exact) mass is 417 g/mol. The number of hydrogen-bond acceptors (Lipinski definition) is 5. The van der Waals surface area contributed by atoms with Crippen molar-refractivity contribution >= 4 is 23.5 Å². The second-order valence-corrected chi connectivity index (χ2v) is 8.26. The Hall–Kier alpha value is -3.66. The molecule has 0 bridgehead atoms. The molecule has 1 saturated heterocycles. The second-order valence-electron chi connectivity index (χ2n) is 8.26. The van der Waals surface area contributed by atoms with E-state index in [2.05, 4.69) is 0 Å². The van der Waals surface area contributed by atoms with Gasteiger partial charge in [0.2, 0.25) is 11.6 Å². The fourth-order valence-electron chi connectivity index (χ4n) is 4.31. The summed E-state index contributed by atoms with van der Waals surface area (Å²) in [6.07, 6.45) is 0.340. The van der Waals surface area contributed by atoms with Gasteiger partial charge in [0.1, 0.15) is 6.61 Å². The van der Waals surface area contributed by atoms with Crippen LogP contribution in [0.4, 0.5) is 5.69 Å². The number of rotatable bonds is 5. The highest BCUT2D eigenvalue weighted by Crippen LogP contribution is 2.45. The summed E-state index contributed by atoms with van der Waals surface area (Å²) < 4.78 is 5.66. The lowest BCUT2D eigenvalue weighted by molar-refractivity contribution is -0.159. The number of benzene rings is 2. The Bertz CT molecular complexity index is 1090. The molecule has 0 aromatic heterocycles. The minimum absolute atomic E-state index is 0.0142. The Morgan fingerprint density at radius 2 is 1.87 bits per heavy atom. The summed E-state index contributed by atoms with van der Waals surface area (Å²) in [7, 11) is 0. The molecular formula is C24H23N3O4. The molecule has 7 heteroatoms. The van der Waals surface area contributed by atoms with Crippen LogP contribution in [-0.4, -0.2) is 34.9 Å². The second kappa shape index (κ2) is 7.88. The quantitative estimate of drug-likeness (QED) is 0.697. The molecule has 0 aliphatic carbocycles. The summed E-state index contributed by atoms with van der Waals surface area (Å²) in [6, 6.07) is 15.7. The predicted molar refractivity (Wildman–Crippen MR) is 113 cm³/mol. The van der Waals surface area contributed by atoms with E-state index in [1.54, 1.807) is 48.5 Å². The first-order valence-electron chi connectivity index (χ1n) is 10.3. The van der Waals surface area contributed by atoms with E-state index in [-0.39, 0.29) is 37.2 Å². The van der Waals surface area contributed by atoms with Crippen LogP contribution in [0.25, 0.3) is 0 Å². The van der Waals surface area contributed by atoms with E-state index in [1.807, 2.05) is 19.9 Å². The van der Waals surface area contributed by atoms with E-state index in [0.29, 0.717) is 23.4 Å². The third-order valence-corrected chi connectivity index (χ3v) is 5.70. The third-order valence-electron chi connectivity index (χ3n) is 5.70. The van der Waals surface area contributed by atoms with Crippen molar-refractivity contribution < 1.29 is 19.1 Å². The molecule has 2 aliphatic rings. The van der Waals surface area contributed by atoms with E-state index in [0.717, 1.165) is 5.56 Å². The van der Waals surface area contributed by atoms with Crippen LogP contribution < -0.4 is 4.90 Å². The number of fused-ring (bicyclic) bond motifs is 3. The first-order chi connectivity index (χ1) is 14.9. The molecule has 2 amide bonds. The van der Waals surface area contributed by atoms with Crippen LogP contribution in [0.15, 0.2) is 48.5 Å². The molecule has 2 heterocycles. The van der Waals surface area contributed by atoms with Crippen molar-refractivity contribution in [2.24, 2.45) is 5.92 Å². The Labute approximate surface area is 180 Å². The lowest BCUT2D eigenvalue weighted by Gasteiger charge is -2.48. The topological polar surface area (TPSA) is 90.7 Å². The van der Waals surface area contributed by atoms with Crippen LogP contribution in [0.2, 0.25) is 0 Å². The molecule has 0 N–H and O–H groups in total. The maximum atomic E-state index is 13.5. The Kier molecular flexibility index (Phi) is 5.24. The van der Waals surface area contributed by atoms with Gasteiger partial charge in [0.25, 0.3) is 5.91 Å². The molecule has 0 spiro atoms. The minimum atomic E-state index is -1.49. The minimum Gasteiger partial charge on any atom is -0.458 e. The smallest absolute Gasteiger partial charge is 0.354 e. The number of para-hydroxylation sites is 1. The molecule has 0 saturated carbocycles. The van der Waals surface area contributed by atoms with Crippen LogP contribution in [0.5, 0.6) is 0 Å². The fraction of sp³-hybridized carbons (Fsp3) is 0.333. The molecule has 7 nitrogen and oxygen atoms in total. The van der Waals surface area contributed by atoms with Crippen LogP contribution >= 0.6 is 0 Å². The summed E-state index contributed by atoms with van der Waals surface area (Å²) in [5, 5.41) is 8.94. The number of hydrogen-bond donors (Lipinski definition) is 0. The average molecular weight is 417 g/mol. The number of ether oxygens (including phenoxy) is 1. The molecule has 1 atom stereocenters. The van der Waals surface area contributed by atoms with Crippen molar-refractivity contribution in [1.29, 1.82) is 5.26 Å². The molecule has 2 aromatic carbocycles. The van der Waals surface area contributed by atoms with Gasteiger partial charge < -0.3 is 9.64 Å². The molecule has 0 unspecified atom stereocenters. The Morgan fingerprint density at radius 1 is 1.16 bits per heavy atom. The molecule has 2 aliphatic heterocycles. The van der Waals surface area contributed by atoms with Gasteiger partial charge in [-0.2, -0.15) is 5.26 Å². The Morgan fingerprint density at radius 3 is 2.55 bits per heavy atom. The van der Waals surface area contributed by atoms with Gasteiger partial charge in [-0.1, -0.05) is 38.1 Å². The number of amides is 2. The van der Waals surface area contributed by atoms with Crippen LogP contribution in [0.3, 0.4) is 0 Å². The third kappa shape index (κ3) is 3.34. The highest BCUT2D eigenvalue weighted by molar-refractivity contribution is 6.15. The largest absolute Gasteiger partial charge is 0.458 e.